The molecule has 0 saturated carbocycles. The van der Waals surface area contributed by atoms with Crippen LogP contribution >= 0.6 is 15.9 Å². The van der Waals surface area contributed by atoms with Crippen LogP contribution in [0.5, 0.6) is 11.5 Å². The molecule has 0 spiro atoms. The number of rotatable bonds is 3. The lowest BCUT2D eigenvalue weighted by molar-refractivity contribution is 0.300. The number of hydrogen-bond donors (Lipinski definition) is 1. The molecule has 0 radical (unpaired) electrons. The summed E-state index contributed by atoms with van der Waals surface area (Å²) in [5.41, 5.74) is 8.07. The summed E-state index contributed by atoms with van der Waals surface area (Å²) in [4.78, 5) is 0. The van der Waals surface area contributed by atoms with Crippen LogP contribution in [-0.4, -0.2) is 6.61 Å². The summed E-state index contributed by atoms with van der Waals surface area (Å²) in [6.45, 7) is 1.06. The van der Waals surface area contributed by atoms with Crippen molar-refractivity contribution in [2.75, 3.05) is 6.61 Å². The first-order chi connectivity index (χ1) is 9.24. The van der Waals surface area contributed by atoms with Gasteiger partial charge in [-0.05, 0) is 18.2 Å². The van der Waals surface area contributed by atoms with Crippen molar-refractivity contribution in [3.05, 3.63) is 58.1 Å². The Labute approximate surface area is 120 Å². The largest absolute Gasteiger partial charge is 0.491 e. The van der Waals surface area contributed by atoms with Crippen LogP contribution in [0.15, 0.2) is 46.9 Å². The molecular weight excluding hydrogens is 306 g/mol. The normalized spacial score (nSPS) is 16.8. The van der Waals surface area contributed by atoms with Crippen molar-refractivity contribution in [3.63, 3.8) is 0 Å². The summed E-state index contributed by atoms with van der Waals surface area (Å²) in [6, 6.07) is 13.8. The molecule has 1 unspecified atom stereocenters. The smallest absolute Gasteiger partial charge is 0.127 e. The van der Waals surface area contributed by atoms with E-state index < -0.39 is 0 Å². The molecule has 3 rings (SSSR count). The van der Waals surface area contributed by atoms with Crippen LogP contribution in [0, 0.1) is 0 Å². The second-order valence-electron chi connectivity index (χ2n) is 4.50. The lowest BCUT2D eigenvalue weighted by Crippen LogP contribution is -2.10. The zero-order valence-electron chi connectivity index (χ0n) is 10.3. The van der Waals surface area contributed by atoms with Crippen LogP contribution in [0.3, 0.4) is 0 Å². The highest BCUT2D eigenvalue weighted by Crippen LogP contribution is 2.34. The van der Waals surface area contributed by atoms with Crippen molar-refractivity contribution in [3.8, 4) is 11.5 Å². The summed E-state index contributed by atoms with van der Waals surface area (Å²) < 4.78 is 12.3. The Morgan fingerprint density at radius 3 is 2.95 bits per heavy atom. The van der Waals surface area contributed by atoms with E-state index in [2.05, 4.69) is 15.9 Å². The van der Waals surface area contributed by atoms with Crippen molar-refractivity contribution < 1.29 is 9.47 Å². The first-order valence-corrected chi connectivity index (χ1v) is 6.92. The molecule has 4 heteroatoms. The van der Waals surface area contributed by atoms with Crippen molar-refractivity contribution in [2.24, 2.45) is 5.73 Å². The van der Waals surface area contributed by atoms with Crippen molar-refractivity contribution >= 4 is 15.9 Å². The molecule has 0 amide bonds. The standard InChI is InChI=1S/C15H14BrNO2/c16-13-4-2-1-3-10(13)8-18-11-5-6-12-14(17)9-19-15(12)7-11/h1-7,14H,8-9,17H2. The SMILES string of the molecule is NC1COc2cc(OCc3ccccc3Br)ccc21. The van der Waals surface area contributed by atoms with Crippen LogP contribution in [0.2, 0.25) is 0 Å². The van der Waals surface area contributed by atoms with E-state index in [0.717, 1.165) is 27.1 Å². The second kappa shape index (κ2) is 5.23. The summed E-state index contributed by atoms with van der Waals surface area (Å²) in [5, 5.41) is 0. The molecule has 2 N–H and O–H groups in total. The predicted molar refractivity (Wildman–Crippen MR) is 77.3 cm³/mol. The van der Waals surface area contributed by atoms with Gasteiger partial charge in [0.05, 0.1) is 6.04 Å². The maximum absolute atomic E-state index is 5.91. The number of fused-ring (bicyclic) bond motifs is 1. The third-order valence-corrected chi connectivity index (χ3v) is 3.93. The third kappa shape index (κ3) is 2.60. The van der Waals surface area contributed by atoms with Crippen LogP contribution in [0.25, 0.3) is 0 Å². The highest BCUT2D eigenvalue weighted by Gasteiger charge is 2.20. The van der Waals surface area contributed by atoms with Crippen molar-refractivity contribution in [2.45, 2.75) is 12.6 Å². The van der Waals surface area contributed by atoms with Crippen LogP contribution in [0.1, 0.15) is 17.2 Å². The Morgan fingerprint density at radius 1 is 1.26 bits per heavy atom. The van der Waals surface area contributed by atoms with Crippen LogP contribution < -0.4 is 15.2 Å². The van der Waals surface area contributed by atoms with Gasteiger partial charge in [0.25, 0.3) is 0 Å². The molecule has 2 aromatic carbocycles. The zero-order valence-corrected chi connectivity index (χ0v) is 11.9. The van der Waals surface area contributed by atoms with Gasteiger partial charge < -0.3 is 15.2 Å². The Hall–Kier alpha value is -1.52. The summed E-state index contributed by atoms with van der Waals surface area (Å²) in [6.07, 6.45) is 0. The minimum atomic E-state index is -0.0210. The second-order valence-corrected chi connectivity index (χ2v) is 5.35. The molecule has 0 aromatic heterocycles. The molecule has 3 nitrogen and oxygen atoms in total. The number of nitrogens with two attached hydrogens (primary N) is 1. The first kappa shape index (κ1) is 12.5. The van der Waals surface area contributed by atoms with Gasteiger partial charge in [-0.3, -0.25) is 0 Å². The fraction of sp³-hybridized carbons (Fsp3) is 0.200. The Balaban J connectivity index is 1.73. The van der Waals surface area contributed by atoms with E-state index in [4.69, 9.17) is 15.2 Å². The topological polar surface area (TPSA) is 44.5 Å². The maximum atomic E-state index is 5.91. The lowest BCUT2D eigenvalue weighted by atomic mass is 10.1. The highest BCUT2D eigenvalue weighted by atomic mass is 79.9. The number of hydrogen-bond acceptors (Lipinski definition) is 3. The minimum absolute atomic E-state index is 0.0210. The van der Waals surface area contributed by atoms with E-state index in [0.29, 0.717) is 13.2 Å². The molecule has 1 atom stereocenters. The van der Waals surface area contributed by atoms with Crippen molar-refractivity contribution in [1.29, 1.82) is 0 Å². The van der Waals surface area contributed by atoms with Gasteiger partial charge in [0.2, 0.25) is 0 Å². The number of halogens is 1. The molecule has 0 fully saturated rings. The molecule has 0 aliphatic carbocycles. The average Bonchev–Trinajstić information content (AvgIpc) is 2.79. The summed E-state index contributed by atoms with van der Waals surface area (Å²) in [5.74, 6) is 1.63. The van der Waals surface area contributed by atoms with Gasteiger partial charge >= 0.3 is 0 Å². The van der Waals surface area contributed by atoms with E-state index in [-0.39, 0.29) is 6.04 Å². The maximum Gasteiger partial charge on any atom is 0.127 e. The molecule has 98 valence electrons. The molecule has 0 saturated heterocycles. The van der Waals surface area contributed by atoms with E-state index in [1.807, 2.05) is 42.5 Å². The molecule has 1 aliphatic rings. The van der Waals surface area contributed by atoms with Gasteiger partial charge in [-0.1, -0.05) is 34.1 Å². The molecule has 1 aliphatic heterocycles. The van der Waals surface area contributed by atoms with E-state index >= 15 is 0 Å². The first-order valence-electron chi connectivity index (χ1n) is 6.12. The fourth-order valence-corrected chi connectivity index (χ4v) is 2.48. The van der Waals surface area contributed by atoms with Crippen molar-refractivity contribution in [1.82, 2.24) is 0 Å². The van der Waals surface area contributed by atoms with Gasteiger partial charge in [-0.15, -0.1) is 0 Å². The fourth-order valence-electron chi connectivity index (χ4n) is 2.08. The quantitative estimate of drug-likeness (QED) is 0.942. The average molecular weight is 320 g/mol. The van der Waals surface area contributed by atoms with Gasteiger partial charge in [0.1, 0.15) is 24.7 Å². The Bertz CT molecular complexity index is 600. The highest BCUT2D eigenvalue weighted by molar-refractivity contribution is 9.10. The molecular formula is C15H14BrNO2. The monoisotopic (exact) mass is 319 g/mol. The molecule has 2 aromatic rings. The van der Waals surface area contributed by atoms with E-state index in [9.17, 15) is 0 Å². The molecule has 0 bridgehead atoms. The predicted octanol–water partition coefficient (Wildman–Crippen LogP) is 3.42. The molecule has 19 heavy (non-hydrogen) atoms. The number of benzene rings is 2. The minimum Gasteiger partial charge on any atom is -0.491 e. The Kier molecular flexibility index (Phi) is 3.44. The third-order valence-electron chi connectivity index (χ3n) is 3.16. The van der Waals surface area contributed by atoms with Gasteiger partial charge in [0, 0.05) is 21.7 Å². The Morgan fingerprint density at radius 2 is 2.11 bits per heavy atom. The lowest BCUT2D eigenvalue weighted by Gasteiger charge is -2.09. The molecule has 1 heterocycles. The van der Waals surface area contributed by atoms with Gasteiger partial charge in [0.15, 0.2) is 0 Å². The zero-order chi connectivity index (χ0) is 13.2. The van der Waals surface area contributed by atoms with Crippen LogP contribution in [0.4, 0.5) is 0 Å². The van der Waals surface area contributed by atoms with Crippen LogP contribution in [-0.2, 0) is 6.61 Å². The summed E-state index contributed by atoms with van der Waals surface area (Å²) in [7, 11) is 0. The van der Waals surface area contributed by atoms with E-state index in [1.54, 1.807) is 0 Å². The summed E-state index contributed by atoms with van der Waals surface area (Å²) >= 11 is 3.51. The van der Waals surface area contributed by atoms with Gasteiger partial charge in [-0.25, -0.2) is 0 Å². The van der Waals surface area contributed by atoms with E-state index in [1.165, 1.54) is 0 Å². The number of ether oxygens (including phenoxy) is 2. The van der Waals surface area contributed by atoms with Gasteiger partial charge in [-0.2, -0.15) is 0 Å².